The molecule has 0 atom stereocenters. The van der Waals surface area contributed by atoms with Gasteiger partial charge in [-0.2, -0.15) is 13.2 Å². The van der Waals surface area contributed by atoms with E-state index in [0.29, 0.717) is 0 Å². The molecule has 1 aliphatic rings. The third-order valence-corrected chi connectivity index (χ3v) is 4.17. The first-order valence-electron chi connectivity index (χ1n) is 7.14. The third-order valence-electron chi connectivity index (χ3n) is 3.84. The molecule has 1 aromatic heterocycles. The summed E-state index contributed by atoms with van der Waals surface area (Å²) in [6.45, 7) is -0.0981. The highest BCUT2D eigenvalue weighted by molar-refractivity contribution is 6.33. The Balaban J connectivity index is 1.89. The van der Waals surface area contributed by atoms with Crippen molar-refractivity contribution in [2.75, 3.05) is 19.4 Å². The van der Waals surface area contributed by atoms with Crippen molar-refractivity contribution in [3.63, 3.8) is 0 Å². The maximum atomic E-state index is 12.9. The number of hydrogen-bond donors (Lipinski definition) is 1. The molecule has 1 aliphatic heterocycles. The van der Waals surface area contributed by atoms with E-state index in [1.54, 1.807) is 0 Å². The molecule has 3 rings (SSSR count). The van der Waals surface area contributed by atoms with E-state index in [2.05, 4.69) is 10.2 Å². The average Bonchev–Trinajstić information content (AvgIpc) is 2.99. The number of ether oxygens (including phenoxy) is 1. The van der Waals surface area contributed by atoms with E-state index in [9.17, 15) is 18.0 Å². The Morgan fingerprint density at radius 3 is 2.68 bits per heavy atom. The largest absolute Gasteiger partial charge is 0.496 e. The number of nitrogens with zero attached hydrogens (tertiary/aromatic N) is 4. The van der Waals surface area contributed by atoms with Crippen LogP contribution in [0.25, 0.3) is 0 Å². The molecule has 0 unspecified atom stereocenters. The predicted molar refractivity (Wildman–Crippen MR) is 82.2 cm³/mol. The second-order valence-electron chi connectivity index (χ2n) is 5.39. The number of fused-ring (bicyclic) bond motifs is 1. The van der Waals surface area contributed by atoms with Gasteiger partial charge in [0.25, 0.3) is 5.91 Å². The topological polar surface area (TPSA) is 86.3 Å². The molecule has 2 heterocycles. The lowest BCUT2D eigenvalue weighted by atomic mass is 10.1. The number of methoxy groups -OCH3 is 1. The number of halogens is 4. The molecular weight excluding hydrogens is 363 g/mol. The lowest BCUT2D eigenvalue weighted by Gasteiger charge is -2.28. The zero-order valence-corrected chi connectivity index (χ0v) is 13.7. The van der Waals surface area contributed by atoms with E-state index in [1.165, 1.54) is 24.1 Å². The highest BCUT2D eigenvalue weighted by Gasteiger charge is 2.40. The molecule has 1 amide bonds. The highest BCUT2D eigenvalue weighted by Crippen LogP contribution is 2.32. The summed E-state index contributed by atoms with van der Waals surface area (Å²) in [4.78, 5) is 14.1. The van der Waals surface area contributed by atoms with Gasteiger partial charge in [-0.3, -0.25) is 4.79 Å². The summed E-state index contributed by atoms with van der Waals surface area (Å²) in [5.74, 6) is -1.22. The number of rotatable bonds is 2. The van der Waals surface area contributed by atoms with Crippen LogP contribution >= 0.6 is 11.6 Å². The van der Waals surface area contributed by atoms with Crippen molar-refractivity contribution in [1.82, 2.24) is 19.7 Å². The van der Waals surface area contributed by atoms with E-state index in [1.807, 2.05) is 0 Å². The summed E-state index contributed by atoms with van der Waals surface area (Å²) in [6.07, 6.45) is -4.59. The SMILES string of the molecule is COc1cc(N)c(Cl)cc1C(=O)N1CCn2c(nnc2C(F)(F)F)C1. The van der Waals surface area contributed by atoms with Crippen LogP contribution in [0.5, 0.6) is 5.75 Å². The molecule has 25 heavy (non-hydrogen) atoms. The Morgan fingerprint density at radius 1 is 1.32 bits per heavy atom. The molecule has 0 spiro atoms. The van der Waals surface area contributed by atoms with Gasteiger partial charge in [-0.05, 0) is 6.07 Å². The van der Waals surface area contributed by atoms with E-state index in [0.717, 1.165) is 4.57 Å². The van der Waals surface area contributed by atoms with Crippen LogP contribution in [-0.2, 0) is 19.3 Å². The minimum absolute atomic E-state index is 0.0616. The van der Waals surface area contributed by atoms with Gasteiger partial charge in [-0.15, -0.1) is 10.2 Å². The van der Waals surface area contributed by atoms with Gasteiger partial charge < -0.3 is 19.9 Å². The van der Waals surface area contributed by atoms with E-state index >= 15 is 0 Å². The zero-order valence-electron chi connectivity index (χ0n) is 13.0. The molecule has 0 bridgehead atoms. The summed E-state index contributed by atoms with van der Waals surface area (Å²) in [5, 5.41) is 6.91. The first kappa shape index (κ1) is 17.3. The molecule has 1 aromatic carbocycles. The molecule has 134 valence electrons. The van der Waals surface area contributed by atoms with E-state index < -0.39 is 17.9 Å². The number of carbonyl (C=O) groups excluding carboxylic acids is 1. The van der Waals surface area contributed by atoms with Crippen molar-refractivity contribution in [3.05, 3.63) is 34.4 Å². The lowest BCUT2D eigenvalue weighted by molar-refractivity contribution is -0.147. The molecule has 11 heteroatoms. The van der Waals surface area contributed by atoms with Crippen molar-refractivity contribution >= 4 is 23.2 Å². The molecule has 7 nitrogen and oxygen atoms in total. The average molecular weight is 376 g/mol. The van der Waals surface area contributed by atoms with Crippen LogP contribution in [-0.4, -0.2) is 39.2 Å². The Labute approximate surface area is 145 Å². The van der Waals surface area contributed by atoms with Crippen LogP contribution in [0.2, 0.25) is 5.02 Å². The van der Waals surface area contributed by atoms with Crippen molar-refractivity contribution in [2.24, 2.45) is 0 Å². The normalized spacial score (nSPS) is 14.4. The van der Waals surface area contributed by atoms with Crippen LogP contribution in [0.15, 0.2) is 12.1 Å². The molecule has 0 fully saturated rings. The number of aromatic nitrogens is 3. The smallest absolute Gasteiger partial charge is 0.451 e. The second kappa shape index (κ2) is 6.10. The molecule has 0 radical (unpaired) electrons. The van der Waals surface area contributed by atoms with Crippen LogP contribution in [0, 0.1) is 0 Å². The number of amides is 1. The quantitative estimate of drug-likeness (QED) is 0.813. The minimum atomic E-state index is -4.59. The summed E-state index contributed by atoms with van der Waals surface area (Å²) < 4.78 is 44.7. The zero-order chi connectivity index (χ0) is 18.4. The maximum Gasteiger partial charge on any atom is 0.451 e. The Morgan fingerprint density at radius 2 is 2.04 bits per heavy atom. The first-order chi connectivity index (χ1) is 11.7. The summed E-state index contributed by atoms with van der Waals surface area (Å²) in [7, 11) is 1.38. The number of carbonyl (C=O) groups is 1. The second-order valence-corrected chi connectivity index (χ2v) is 5.80. The van der Waals surface area contributed by atoms with Gasteiger partial charge in [-0.25, -0.2) is 0 Å². The van der Waals surface area contributed by atoms with Crippen LogP contribution < -0.4 is 10.5 Å². The minimum Gasteiger partial charge on any atom is -0.496 e. The number of nitrogens with two attached hydrogens (primary N) is 1. The third kappa shape index (κ3) is 3.09. The van der Waals surface area contributed by atoms with Gasteiger partial charge in [0.2, 0.25) is 5.82 Å². The van der Waals surface area contributed by atoms with Crippen molar-refractivity contribution in [3.8, 4) is 5.75 Å². The Kier molecular flexibility index (Phi) is 4.23. The Bertz CT molecular complexity index is 837. The lowest BCUT2D eigenvalue weighted by Crippen LogP contribution is -2.39. The van der Waals surface area contributed by atoms with Gasteiger partial charge in [0, 0.05) is 19.2 Å². The number of benzene rings is 1. The number of alkyl halides is 3. The molecular formula is C14H13ClF3N5O2. The van der Waals surface area contributed by atoms with Crippen LogP contribution in [0.1, 0.15) is 22.0 Å². The Hall–Kier alpha value is -2.49. The molecule has 2 aromatic rings. The van der Waals surface area contributed by atoms with Gasteiger partial charge >= 0.3 is 6.18 Å². The van der Waals surface area contributed by atoms with Gasteiger partial charge in [0.05, 0.1) is 29.9 Å². The van der Waals surface area contributed by atoms with Crippen LogP contribution in [0.3, 0.4) is 0 Å². The van der Waals surface area contributed by atoms with Crippen molar-refractivity contribution in [1.29, 1.82) is 0 Å². The van der Waals surface area contributed by atoms with E-state index in [-0.39, 0.29) is 47.5 Å². The fourth-order valence-corrected chi connectivity index (χ4v) is 2.78. The van der Waals surface area contributed by atoms with Crippen molar-refractivity contribution < 1.29 is 22.7 Å². The molecule has 0 saturated heterocycles. The number of anilines is 1. The summed E-state index contributed by atoms with van der Waals surface area (Å²) in [6, 6.07) is 2.79. The highest BCUT2D eigenvalue weighted by atomic mass is 35.5. The first-order valence-corrected chi connectivity index (χ1v) is 7.51. The summed E-state index contributed by atoms with van der Waals surface area (Å²) in [5.41, 5.74) is 6.11. The van der Waals surface area contributed by atoms with Crippen LogP contribution in [0.4, 0.5) is 18.9 Å². The monoisotopic (exact) mass is 375 g/mol. The predicted octanol–water partition coefficient (Wildman–Crippen LogP) is 2.20. The molecule has 0 aliphatic carbocycles. The fraction of sp³-hybridized carbons (Fsp3) is 0.357. The molecule has 2 N–H and O–H groups in total. The fourth-order valence-electron chi connectivity index (χ4n) is 2.62. The van der Waals surface area contributed by atoms with E-state index in [4.69, 9.17) is 22.1 Å². The molecule has 0 saturated carbocycles. The number of hydrogen-bond acceptors (Lipinski definition) is 5. The van der Waals surface area contributed by atoms with Gasteiger partial charge in [0.15, 0.2) is 5.82 Å². The van der Waals surface area contributed by atoms with Gasteiger partial charge in [-0.1, -0.05) is 11.6 Å². The maximum absolute atomic E-state index is 12.9. The standard InChI is InChI=1S/C14H13ClF3N5O2/c1-25-10-5-9(19)8(15)4-7(10)12(24)22-2-3-23-11(6-22)20-21-13(23)14(16,17)18/h4-5H,2-3,6,19H2,1H3. The number of nitrogen functional groups attached to an aromatic ring is 1. The van der Waals surface area contributed by atoms with Gasteiger partial charge in [0.1, 0.15) is 5.75 Å². The summed E-state index contributed by atoms with van der Waals surface area (Å²) >= 11 is 5.96. The van der Waals surface area contributed by atoms with Crippen molar-refractivity contribution in [2.45, 2.75) is 19.3 Å².